The molecule has 0 aliphatic carbocycles. The second-order valence-electron chi connectivity index (χ2n) is 13.5. The first-order valence-electron chi connectivity index (χ1n) is 16.5. The van der Waals surface area contributed by atoms with Crippen molar-refractivity contribution in [2.24, 2.45) is 35.5 Å². The molecule has 254 valence electrons. The Bertz CT molecular complexity index is 1060. The number of rotatable bonds is 4. The van der Waals surface area contributed by atoms with Gasteiger partial charge >= 0.3 is 12.1 Å². The topological polar surface area (TPSA) is 101 Å². The van der Waals surface area contributed by atoms with Crippen LogP contribution in [-0.2, 0) is 28.5 Å². The average Bonchev–Trinajstić information content (AvgIpc) is 2.98. The molecule has 0 aromatic rings. The van der Waals surface area contributed by atoms with Crippen LogP contribution >= 0.6 is 0 Å². The van der Waals surface area contributed by atoms with Gasteiger partial charge < -0.3 is 28.8 Å². The Balaban J connectivity index is 2.42. The van der Waals surface area contributed by atoms with Crippen molar-refractivity contribution in [3.63, 3.8) is 0 Å². The number of cyclic esters (lactones) is 1. The minimum absolute atomic E-state index is 0.0284. The van der Waals surface area contributed by atoms with Crippen LogP contribution in [0.3, 0.4) is 0 Å². The number of carbonyl (C=O) groups excluding carboxylic acids is 2. The highest BCUT2D eigenvalue weighted by molar-refractivity contribution is 5.82. The SMILES string of the molecule is C=C/C=C\[C@H](C)[C@@H]1OC(=O)/C=C\C=C\[C@@H](C)[C@@H]2C[C@@H](/C=C\[C@H](C)[C@H](OC(=O)OC)[C@@H](C)C[C@@H](C)CC[C@@H](O)[C@@H]1C)OC(C)(C)O2. The van der Waals surface area contributed by atoms with Gasteiger partial charge in [-0.15, -0.1) is 0 Å². The van der Waals surface area contributed by atoms with Crippen LogP contribution in [0.15, 0.2) is 61.3 Å². The molecule has 8 nitrogen and oxygen atoms in total. The fourth-order valence-electron chi connectivity index (χ4n) is 6.38. The van der Waals surface area contributed by atoms with Gasteiger partial charge in [0.1, 0.15) is 12.2 Å². The average molecular weight is 631 g/mol. The van der Waals surface area contributed by atoms with Crippen molar-refractivity contribution in [3.05, 3.63) is 61.3 Å². The van der Waals surface area contributed by atoms with Gasteiger partial charge in [0.2, 0.25) is 0 Å². The summed E-state index contributed by atoms with van der Waals surface area (Å²) in [4.78, 5) is 25.1. The molecule has 0 aromatic heterocycles. The lowest BCUT2D eigenvalue weighted by molar-refractivity contribution is -0.295. The van der Waals surface area contributed by atoms with E-state index in [1.807, 2.05) is 65.0 Å². The molecule has 2 heterocycles. The van der Waals surface area contributed by atoms with Gasteiger partial charge in [-0.05, 0) is 44.9 Å². The van der Waals surface area contributed by atoms with Gasteiger partial charge in [-0.1, -0.05) is 96.7 Å². The largest absolute Gasteiger partial charge is 0.508 e. The van der Waals surface area contributed by atoms with Crippen LogP contribution in [0.5, 0.6) is 0 Å². The molecule has 8 heteroatoms. The highest BCUT2D eigenvalue weighted by atomic mass is 16.7. The standard InChI is InChI=1S/C37H58O8/c1-11-12-15-26(4)35-29(7)31(38)21-18-24(2)22-28(6)34(43-36(40)41-10)27(5)19-20-30-23-32(45-37(8,9)44-30)25(3)16-13-14-17-33(39)42-35/h11-17,19-20,24-32,34-35,38H,1,18,21-23H2,2-10H3/b15-12-,16-13+,17-14-,20-19-/t24-,25+,26-,27-,28-,29-,30+,31+,32-,34-,35-/m0/s1. The van der Waals surface area contributed by atoms with Gasteiger partial charge in [-0.25, -0.2) is 9.59 Å². The lowest BCUT2D eigenvalue weighted by Gasteiger charge is -2.41. The summed E-state index contributed by atoms with van der Waals surface area (Å²) in [5.74, 6) is -1.44. The molecule has 0 aromatic carbocycles. The van der Waals surface area contributed by atoms with Gasteiger partial charge in [0, 0.05) is 36.2 Å². The molecule has 1 saturated heterocycles. The van der Waals surface area contributed by atoms with Crippen LogP contribution in [0.1, 0.15) is 81.1 Å². The summed E-state index contributed by atoms with van der Waals surface area (Å²) in [5, 5.41) is 11.2. The van der Waals surface area contributed by atoms with Crippen molar-refractivity contribution in [3.8, 4) is 0 Å². The monoisotopic (exact) mass is 630 g/mol. The molecule has 0 saturated carbocycles. The zero-order valence-electron chi connectivity index (χ0n) is 28.9. The summed E-state index contributed by atoms with van der Waals surface area (Å²) < 4.78 is 29.1. The number of methoxy groups -OCH3 is 1. The van der Waals surface area contributed by atoms with Crippen molar-refractivity contribution >= 4 is 12.1 Å². The first-order valence-corrected chi connectivity index (χ1v) is 16.5. The Kier molecular flexibility index (Phi) is 15.8. The maximum atomic E-state index is 12.9. The zero-order chi connectivity index (χ0) is 33.7. The predicted octanol–water partition coefficient (Wildman–Crippen LogP) is 7.73. The van der Waals surface area contributed by atoms with E-state index in [-0.39, 0.29) is 47.7 Å². The van der Waals surface area contributed by atoms with Crippen molar-refractivity contribution in [1.29, 1.82) is 0 Å². The normalized spacial score (nSPS) is 38.4. The number of aliphatic hydroxyl groups is 1. The Morgan fingerprint density at radius 1 is 1.04 bits per heavy atom. The van der Waals surface area contributed by atoms with Gasteiger partial charge in [0.15, 0.2) is 5.79 Å². The van der Waals surface area contributed by atoms with Crippen LogP contribution in [0, 0.1) is 35.5 Å². The number of fused-ring (bicyclic) bond motifs is 2. The van der Waals surface area contributed by atoms with E-state index in [0.29, 0.717) is 12.8 Å². The van der Waals surface area contributed by atoms with Crippen LogP contribution in [-0.4, -0.2) is 60.6 Å². The summed E-state index contributed by atoms with van der Waals surface area (Å²) in [6.45, 7) is 19.8. The number of aliphatic hydroxyl groups excluding tert-OH is 1. The minimum atomic E-state index is -0.783. The van der Waals surface area contributed by atoms with E-state index in [1.54, 1.807) is 12.2 Å². The Morgan fingerprint density at radius 2 is 1.76 bits per heavy atom. The van der Waals surface area contributed by atoms with E-state index in [9.17, 15) is 14.7 Å². The second-order valence-corrected chi connectivity index (χ2v) is 13.5. The molecule has 45 heavy (non-hydrogen) atoms. The Labute approximate surface area is 271 Å². The molecular formula is C37H58O8. The minimum Gasteiger partial charge on any atom is -0.458 e. The van der Waals surface area contributed by atoms with E-state index >= 15 is 0 Å². The fraction of sp³-hybridized carbons (Fsp3) is 0.676. The van der Waals surface area contributed by atoms with E-state index in [1.165, 1.54) is 13.2 Å². The molecule has 0 amide bonds. The highest BCUT2D eigenvalue weighted by Gasteiger charge is 2.37. The van der Waals surface area contributed by atoms with Crippen molar-refractivity contribution < 1.29 is 38.4 Å². The summed E-state index contributed by atoms with van der Waals surface area (Å²) in [6.07, 6.45) is 16.6. The summed E-state index contributed by atoms with van der Waals surface area (Å²) in [6, 6.07) is 0. The summed E-state index contributed by atoms with van der Waals surface area (Å²) in [5.41, 5.74) is 0. The third kappa shape index (κ3) is 12.9. The van der Waals surface area contributed by atoms with Crippen LogP contribution in [0.4, 0.5) is 4.79 Å². The predicted molar refractivity (Wildman–Crippen MR) is 177 cm³/mol. The zero-order valence-corrected chi connectivity index (χ0v) is 28.9. The maximum Gasteiger partial charge on any atom is 0.508 e. The third-order valence-electron chi connectivity index (χ3n) is 8.96. The molecule has 11 atom stereocenters. The van der Waals surface area contributed by atoms with Gasteiger partial charge in [-0.3, -0.25) is 0 Å². The highest BCUT2D eigenvalue weighted by Crippen LogP contribution is 2.33. The van der Waals surface area contributed by atoms with Crippen LogP contribution in [0.25, 0.3) is 0 Å². The molecule has 0 radical (unpaired) electrons. The molecule has 2 aliphatic rings. The summed E-state index contributed by atoms with van der Waals surface area (Å²) >= 11 is 0. The van der Waals surface area contributed by atoms with E-state index < -0.39 is 36.2 Å². The number of carbonyl (C=O) groups is 2. The van der Waals surface area contributed by atoms with Crippen LogP contribution in [0.2, 0.25) is 0 Å². The fourth-order valence-corrected chi connectivity index (χ4v) is 6.38. The van der Waals surface area contributed by atoms with E-state index in [4.69, 9.17) is 23.7 Å². The number of hydrogen-bond donors (Lipinski definition) is 1. The van der Waals surface area contributed by atoms with Crippen molar-refractivity contribution in [2.75, 3.05) is 7.11 Å². The molecular weight excluding hydrogens is 572 g/mol. The smallest absolute Gasteiger partial charge is 0.458 e. The third-order valence-corrected chi connectivity index (χ3v) is 8.96. The van der Waals surface area contributed by atoms with Gasteiger partial charge in [0.25, 0.3) is 0 Å². The molecule has 0 spiro atoms. The number of allylic oxidation sites excluding steroid dienone is 4. The van der Waals surface area contributed by atoms with Gasteiger partial charge in [0.05, 0.1) is 25.4 Å². The first kappa shape index (κ1) is 38.5. The Hall–Kier alpha value is -2.68. The molecule has 1 fully saturated rings. The first-order chi connectivity index (χ1) is 21.2. The molecule has 2 aliphatic heterocycles. The van der Waals surface area contributed by atoms with E-state index in [2.05, 4.69) is 33.4 Å². The molecule has 2 rings (SSSR count). The molecule has 0 unspecified atom stereocenters. The van der Waals surface area contributed by atoms with Gasteiger partial charge in [-0.2, -0.15) is 0 Å². The Morgan fingerprint density at radius 3 is 2.42 bits per heavy atom. The summed E-state index contributed by atoms with van der Waals surface area (Å²) in [7, 11) is 1.32. The number of ether oxygens (including phenoxy) is 5. The number of hydrogen-bond acceptors (Lipinski definition) is 8. The molecule has 2 bridgehead atoms. The lowest BCUT2D eigenvalue weighted by atomic mass is 9.82. The van der Waals surface area contributed by atoms with E-state index in [0.717, 1.165) is 12.8 Å². The van der Waals surface area contributed by atoms with Crippen LogP contribution < -0.4 is 0 Å². The van der Waals surface area contributed by atoms with Crippen molar-refractivity contribution in [1.82, 2.24) is 0 Å². The quantitative estimate of drug-likeness (QED) is 0.191. The maximum absolute atomic E-state index is 12.9. The molecule has 1 N–H and O–H groups in total. The number of esters is 1. The second kappa shape index (κ2) is 18.5. The lowest BCUT2D eigenvalue weighted by Crippen LogP contribution is -2.46. The van der Waals surface area contributed by atoms with Crippen molar-refractivity contribution in [2.45, 2.75) is 117 Å².